The van der Waals surface area contributed by atoms with E-state index in [1.807, 2.05) is 55.5 Å². The second-order valence-electron chi connectivity index (χ2n) is 7.11. The summed E-state index contributed by atoms with van der Waals surface area (Å²) in [6.45, 7) is 2.34. The number of benzene rings is 3. The Morgan fingerprint density at radius 1 is 0.966 bits per heavy atom. The lowest BCUT2D eigenvalue weighted by Gasteiger charge is -2.30. The van der Waals surface area contributed by atoms with Crippen LogP contribution >= 0.6 is 0 Å². The number of aryl methyl sites for hydroxylation is 2. The molecule has 0 aromatic heterocycles. The molecule has 0 saturated carbocycles. The first-order chi connectivity index (χ1) is 14.0. The maximum absolute atomic E-state index is 13.3. The van der Waals surface area contributed by atoms with Crippen molar-refractivity contribution in [3.8, 4) is 0 Å². The Bertz CT molecular complexity index is 1170. The van der Waals surface area contributed by atoms with Gasteiger partial charge in [-0.15, -0.1) is 0 Å². The number of rotatable bonds is 4. The molecule has 148 valence electrons. The predicted molar refractivity (Wildman–Crippen MR) is 115 cm³/mol. The van der Waals surface area contributed by atoms with Gasteiger partial charge in [0.2, 0.25) is 0 Å². The summed E-state index contributed by atoms with van der Waals surface area (Å²) in [7, 11) is -3.76. The van der Waals surface area contributed by atoms with E-state index in [9.17, 15) is 13.2 Å². The number of carbonyl (C=O) groups is 1. The van der Waals surface area contributed by atoms with Crippen molar-refractivity contribution >= 4 is 27.3 Å². The number of carbonyl (C=O) groups excluding carboxylic acids is 1. The zero-order valence-electron chi connectivity index (χ0n) is 16.1. The van der Waals surface area contributed by atoms with E-state index in [4.69, 9.17) is 0 Å². The third kappa shape index (κ3) is 3.76. The van der Waals surface area contributed by atoms with Crippen molar-refractivity contribution in [2.24, 2.45) is 0 Å². The first-order valence-corrected chi connectivity index (χ1v) is 11.0. The van der Waals surface area contributed by atoms with Gasteiger partial charge in [-0.25, -0.2) is 8.42 Å². The van der Waals surface area contributed by atoms with Crippen LogP contribution in [0.15, 0.2) is 77.7 Å². The van der Waals surface area contributed by atoms with Crippen LogP contribution in [0.2, 0.25) is 0 Å². The van der Waals surface area contributed by atoms with E-state index in [0.29, 0.717) is 23.5 Å². The topological polar surface area (TPSA) is 66.5 Å². The summed E-state index contributed by atoms with van der Waals surface area (Å²) < 4.78 is 28.1. The Morgan fingerprint density at radius 3 is 2.55 bits per heavy atom. The Hall–Kier alpha value is -3.12. The molecule has 1 aliphatic heterocycles. The lowest BCUT2D eigenvalue weighted by atomic mass is 10.0. The van der Waals surface area contributed by atoms with Gasteiger partial charge in [0.05, 0.1) is 10.6 Å². The van der Waals surface area contributed by atoms with Gasteiger partial charge in [0.1, 0.15) is 0 Å². The molecule has 1 heterocycles. The van der Waals surface area contributed by atoms with E-state index in [2.05, 4.69) is 5.32 Å². The Kier molecular flexibility index (Phi) is 5.11. The number of amides is 1. The van der Waals surface area contributed by atoms with Gasteiger partial charge < -0.3 is 5.32 Å². The predicted octanol–water partition coefficient (Wildman–Crippen LogP) is 4.39. The molecule has 29 heavy (non-hydrogen) atoms. The Morgan fingerprint density at radius 2 is 1.72 bits per heavy atom. The maximum atomic E-state index is 13.3. The first kappa shape index (κ1) is 19.2. The standard InChI is InChI=1S/C23H22N2O3S/c1-17-8-2-4-13-21(17)24-23(26)19-10-6-12-20(16-19)29(27,28)25-15-7-11-18-9-3-5-14-22(18)25/h2-6,8-10,12-14,16H,7,11,15H2,1H3,(H,24,26). The molecule has 0 unspecified atom stereocenters. The van der Waals surface area contributed by atoms with Crippen molar-refractivity contribution in [2.45, 2.75) is 24.7 Å². The Balaban J connectivity index is 1.65. The maximum Gasteiger partial charge on any atom is 0.264 e. The molecule has 3 aromatic carbocycles. The van der Waals surface area contributed by atoms with Gasteiger partial charge in [-0.2, -0.15) is 0 Å². The van der Waals surface area contributed by atoms with Gasteiger partial charge in [-0.05, 0) is 61.2 Å². The minimum atomic E-state index is -3.76. The van der Waals surface area contributed by atoms with E-state index in [-0.39, 0.29) is 10.8 Å². The van der Waals surface area contributed by atoms with E-state index in [1.165, 1.54) is 16.4 Å². The molecule has 0 aliphatic carbocycles. The number of anilines is 2. The fraction of sp³-hybridized carbons (Fsp3) is 0.174. The summed E-state index contributed by atoms with van der Waals surface area (Å²) in [5, 5.41) is 2.85. The zero-order valence-corrected chi connectivity index (χ0v) is 16.9. The molecular weight excluding hydrogens is 384 g/mol. The quantitative estimate of drug-likeness (QED) is 0.699. The Labute approximate surface area is 171 Å². The highest BCUT2D eigenvalue weighted by Gasteiger charge is 2.29. The second kappa shape index (κ2) is 7.72. The summed E-state index contributed by atoms with van der Waals surface area (Å²) in [4.78, 5) is 12.8. The fourth-order valence-corrected chi connectivity index (χ4v) is 5.17. The summed E-state index contributed by atoms with van der Waals surface area (Å²) in [6, 6.07) is 21.2. The molecule has 5 nitrogen and oxygen atoms in total. The molecule has 0 radical (unpaired) electrons. The second-order valence-corrected chi connectivity index (χ2v) is 8.97. The van der Waals surface area contributed by atoms with Crippen LogP contribution in [0.25, 0.3) is 0 Å². The van der Waals surface area contributed by atoms with E-state index in [1.54, 1.807) is 12.1 Å². The largest absolute Gasteiger partial charge is 0.322 e. The number of hydrogen-bond donors (Lipinski definition) is 1. The van der Waals surface area contributed by atoms with Gasteiger partial charge in [0.25, 0.3) is 15.9 Å². The van der Waals surface area contributed by atoms with Crippen molar-refractivity contribution in [1.29, 1.82) is 0 Å². The lowest BCUT2D eigenvalue weighted by Crippen LogP contribution is -2.35. The SMILES string of the molecule is Cc1ccccc1NC(=O)c1cccc(S(=O)(=O)N2CCCc3ccccc32)c1. The highest BCUT2D eigenvalue weighted by Crippen LogP contribution is 2.32. The molecule has 0 atom stereocenters. The number of sulfonamides is 1. The van der Waals surface area contributed by atoms with Crippen LogP contribution in [0.4, 0.5) is 11.4 Å². The molecule has 0 fully saturated rings. The molecule has 3 aromatic rings. The average molecular weight is 407 g/mol. The zero-order chi connectivity index (χ0) is 20.4. The normalized spacial score (nSPS) is 13.6. The van der Waals surface area contributed by atoms with E-state index >= 15 is 0 Å². The van der Waals surface area contributed by atoms with Gasteiger partial charge in [0, 0.05) is 17.8 Å². The summed E-state index contributed by atoms with van der Waals surface area (Å²) in [5.74, 6) is -0.338. The van der Waals surface area contributed by atoms with Gasteiger partial charge in [-0.3, -0.25) is 9.10 Å². The van der Waals surface area contributed by atoms with Crippen molar-refractivity contribution in [2.75, 3.05) is 16.2 Å². The van der Waals surface area contributed by atoms with Crippen molar-refractivity contribution in [3.63, 3.8) is 0 Å². The highest BCUT2D eigenvalue weighted by atomic mass is 32.2. The molecule has 1 N–H and O–H groups in total. The minimum absolute atomic E-state index is 0.117. The number of para-hydroxylation sites is 2. The molecule has 1 aliphatic rings. The highest BCUT2D eigenvalue weighted by molar-refractivity contribution is 7.92. The van der Waals surface area contributed by atoms with Crippen molar-refractivity contribution in [3.05, 3.63) is 89.5 Å². The third-order valence-corrected chi connectivity index (χ3v) is 6.95. The minimum Gasteiger partial charge on any atom is -0.322 e. The molecule has 6 heteroatoms. The number of fused-ring (bicyclic) bond motifs is 1. The van der Waals surface area contributed by atoms with Crippen molar-refractivity contribution in [1.82, 2.24) is 0 Å². The average Bonchev–Trinajstić information content (AvgIpc) is 2.75. The summed E-state index contributed by atoms with van der Waals surface area (Å²) >= 11 is 0. The molecule has 0 spiro atoms. The van der Waals surface area contributed by atoms with Gasteiger partial charge in [-0.1, -0.05) is 42.5 Å². The molecular formula is C23H22N2O3S. The van der Waals surface area contributed by atoms with Gasteiger partial charge >= 0.3 is 0 Å². The monoisotopic (exact) mass is 406 g/mol. The number of nitrogens with one attached hydrogen (secondary N) is 1. The molecule has 1 amide bonds. The van der Waals surface area contributed by atoms with Crippen LogP contribution < -0.4 is 9.62 Å². The summed E-state index contributed by atoms with van der Waals surface area (Å²) in [6.07, 6.45) is 1.63. The van der Waals surface area contributed by atoms with Gasteiger partial charge in [0.15, 0.2) is 0 Å². The number of nitrogens with zero attached hydrogens (tertiary/aromatic N) is 1. The first-order valence-electron chi connectivity index (χ1n) is 9.54. The van der Waals surface area contributed by atoms with Crippen molar-refractivity contribution < 1.29 is 13.2 Å². The molecule has 0 saturated heterocycles. The molecule has 4 rings (SSSR count). The van der Waals surface area contributed by atoms with Crippen LogP contribution in [-0.4, -0.2) is 20.9 Å². The molecule has 0 bridgehead atoms. The van der Waals surface area contributed by atoms with Crippen LogP contribution in [0.5, 0.6) is 0 Å². The fourth-order valence-electron chi connectivity index (χ4n) is 3.58. The van der Waals surface area contributed by atoms with Crippen LogP contribution in [-0.2, 0) is 16.4 Å². The lowest BCUT2D eigenvalue weighted by molar-refractivity contribution is 0.102. The summed E-state index contributed by atoms with van der Waals surface area (Å²) in [5.41, 5.74) is 3.69. The van der Waals surface area contributed by atoms with Crippen LogP contribution in [0, 0.1) is 6.92 Å². The van der Waals surface area contributed by atoms with E-state index < -0.39 is 10.0 Å². The van der Waals surface area contributed by atoms with Crippen LogP contribution in [0.3, 0.4) is 0 Å². The van der Waals surface area contributed by atoms with Crippen LogP contribution in [0.1, 0.15) is 27.9 Å². The third-order valence-electron chi connectivity index (χ3n) is 5.15. The number of hydrogen-bond acceptors (Lipinski definition) is 3. The smallest absolute Gasteiger partial charge is 0.264 e. The van der Waals surface area contributed by atoms with E-state index in [0.717, 1.165) is 24.0 Å².